The average Bonchev–Trinajstić information content (AvgIpc) is 3.67. The molecule has 1 aromatic heterocycles. The number of benzene rings is 8. The van der Waals surface area contributed by atoms with E-state index in [0.717, 1.165) is 0 Å². The molecular weight excluding hydrogens is 544 g/mol. The zero-order valence-electron chi connectivity index (χ0n) is 43.0. The van der Waals surface area contributed by atoms with E-state index in [1.54, 1.807) is 42.5 Å². The maximum absolute atomic E-state index is 9.56. The predicted molar refractivity (Wildman–Crippen MR) is 190 cm³/mol. The molecule has 0 N–H and O–H groups in total. The minimum atomic E-state index is -0.842. The summed E-state index contributed by atoms with van der Waals surface area (Å²) < 4.78 is 186. The van der Waals surface area contributed by atoms with E-state index in [1.807, 2.05) is 0 Å². The van der Waals surface area contributed by atoms with Crippen molar-refractivity contribution in [3.05, 3.63) is 169 Å². The van der Waals surface area contributed by atoms with Gasteiger partial charge in [-0.25, -0.2) is 0 Å². The Hall–Kier alpha value is -5.92. The lowest BCUT2D eigenvalue weighted by Gasteiger charge is -2.18. The van der Waals surface area contributed by atoms with Crippen LogP contribution in [0.1, 0.15) is 27.4 Å². The van der Waals surface area contributed by atoms with Gasteiger partial charge in [0.05, 0.1) is 27.4 Å². The second-order valence-corrected chi connectivity index (χ2v) is 10.1. The van der Waals surface area contributed by atoms with Crippen LogP contribution in [0.4, 0.5) is 0 Å². The largest absolute Gasteiger partial charge is 0.455 e. The summed E-state index contributed by atoms with van der Waals surface area (Å²) in [6.07, 6.45) is 0. The summed E-state index contributed by atoms with van der Waals surface area (Å²) in [4.78, 5) is 0. The lowest BCUT2D eigenvalue weighted by Crippen LogP contribution is -1.92. The van der Waals surface area contributed by atoms with Gasteiger partial charge in [-0.1, -0.05) is 157 Å². The average molecular weight is 593 g/mol. The second-order valence-electron chi connectivity index (χ2n) is 10.1. The molecule has 0 amide bonds. The first kappa shape index (κ1) is 12.6. The van der Waals surface area contributed by atoms with Crippen molar-refractivity contribution < 1.29 is 31.8 Å². The highest BCUT2D eigenvalue weighted by molar-refractivity contribution is 6.25. The van der Waals surface area contributed by atoms with E-state index in [-0.39, 0.29) is 22.1 Å². The van der Waals surface area contributed by atoms with Gasteiger partial charge in [-0.3, -0.25) is 0 Å². The van der Waals surface area contributed by atoms with Gasteiger partial charge in [0, 0.05) is 22.1 Å². The second kappa shape index (κ2) is 10.4. The Morgan fingerprint density at radius 1 is 0.400 bits per heavy atom. The van der Waals surface area contributed by atoms with E-state index in [4.69, 9.17) is 25.0 Å². The Labute approximate surface area is 289 Å². The molecule has 0 bridgehead atoms. The molecule has 0 fully saturated rings. The van der Waals surface area contributed by atoms with Crippen LogP contribution in [0.5, 0.6) is 0 Å². The summed E-state index contributed by atoms with van der Waals surface area (Å²) in [5.74, 6) is -0.434. The molecule has 9 aromatic rings. The first-order valence-electron chi connectivity index (χ1n) is 23.8. The zero-order chi connectivity index (χ0) is 47.1. The molecule has 1 heterocycles. The summed E-state index contributed by atoms with van der Waals surface area (Å²) in [6.45, 7) is 0. The third-order valence-electron chi connectivity index (χ3n) is 7.71. The van der Waals surface area contributed by atoms with Crippen molar-refractivity contribution >= 4 is 43.3 Å². The van der Waals surface area contributed by atoms with E-state index in [0.29, 0.717) is 11.1 Å². The highest BCUT2D eigenvalue weighted by Crippen LogP contribution is 2.50. The van der Waals surface area contributed by atoms with Crippen LogP contribution in [0.2, 0.25) is 0 Å². The maximum Gasteiger partial charge on any atom is 0.143 e. The molecule has 9 rings (SSSR count). The summed E-state index contributed by atoms with van der Waals surface area (Å²) >= 11 is 0. The molecule has 1 heteroatoms. The highest BCUT2D eigenvalue weighted by atomic mass is 16.3. The van der Waals surface area contributed by atoms with E-state index in [2.05, 4.69) is 0 Å². The number of fused-ring (bicyclic) bond motifs is 4. The van der Waals surface area contributed by atoms with Gasteiger partial charge in [0.15, 0.2) is 0 Å². The number of hydrogen-bond donors (Lipinski definition) is 0. The van der Waals surface area contributed by atoms with Crippen molar-refractivity contribution in [1.29, 1.82) is 0 Å². The van der Waals surface area contributed by atoms with Crippen molar-refractivity contribution in [2.75, 3.05) is 0 Å². The first-order chi connectivity index (χ1) is 30.6. The minimum absolute atomic E-state index is 0.0159. The monoisotopic (exact) mass is 592 g/mol. The van der Waals surface area contributed by atoms with Gasteiger partial charge in [0.2, 0.25) is 0 Å². The van der Waals surface area contributed by atoms with Crippen molar-refractivity contribution in [3.63, 3.8) is 0 Å². The van der Waals surface area contributed by atoms with Crippen molar-refractivity contribution in [1.82, 2.24) is 0 Å². The van der Waals surface area contributed by atoms with Gasteiger partial charge >= 0.3 is 0 Å². The smallest absolute Gasteiger partial charge is 0.143 e. The molecular formula is C44H28O. The normalized spacial score (nSPS) is 17.8. The van der Waals surface area contributed by atoms with Gasteiger partial charge in [-0.15, -0.1) is 0 Å². The molecule has 1 nitrogen and oxygen atoms in total. The Kier molecular flexibility index (Phi) is 2.90. The molecule has 210 valence electrons. The summed E-state index contributed by atoms with van der Waals surface area (Å²) in [5.41, 5.74) is -0.946. The van der Waals surface area contributed by atoms with Gasteiger partial charge < -0.3 is 4.42 Å². The molecule has 45 heavy (non-hydrogen) atoms. The van der Waals surface area contributed by atoms with Crippen LogP contribution in [0, 0.1) is 0 Å². The SMILES string of the molecule is [2H]c1c([2H])c([2H])c(-c2c3c([2H])c([2H])c([2H])c([2H])c3c(-c3c(-c4c([2H])c([2H])c([2H])c5c([2H])c([2H])c([2H])c([2H])c45)oc4ccc(-c5ccccc5)cc34)c3c([2H])c([2H])c([2H])c([2H])c23)c([2H])c1[2H]. The van der Waals surface area contributed by atoms with Gasteiger partial charge in [0.1, 0.15) is 11.3 Å². The van der Waals surface area contributed by atoms with E-state index >= 15 is 0 Å². The number of furan rings is 1. The van der Waals surface area contributed by atoms with Gasteiger partial charge in [0.25, 0.3) is 0 Å². The molecule has 0 saturated heterocycles. The summed E-state index contributed by atoms with van der Waals surface area (Å²) in [5, 5.41) is -2.72. The lowest BCUT2D eigenvalue weighted by atomic mass is 9.84. The van der Waals surface area contributed by atoms with Crippen molar-refractivity contribution in [3.8, 4) is 44.7 Å². The van der Waals surface area contributed by atoms with Crippen LogP contribution in [-0.2, 0) is 0 Å². The molecule has 0 radical (unpaired) electrons. The number of hydrogen-bond acceptors (Lipinski definition) is 1. The van der Waals surface area contributed by atoms with Gasteiger partial charge in [-0.05, 0) is 66.7 Å². The molecule has 8 aromatic carbocycles. The quantitative estimate of drug-likeness (QED) is 0.185. The topological polar surface area (TPSA) is 13.1 Å². The molecule has 0 spiro atoms. The Bertz CT molecular complexity index is 3540. The van der Waals surface area contributed by atoms with Crippen LogP contribution >= 0.6 is 0 Å². The van der Waals surface area contributed by atoms with Crippen LogP contribution < -0.4 is 0 Å². The molecule has 0 saturated carbocycles. The third kappa shape index (κ3) is 4.09. The summed E-state index contributed by atoms with van der Waals surface area (Å²) in [7, 11) is 0. The fraction of sp³-hybridized carbons (Fsp3) is 0. The third-order valence-corrected chi connectivity index (χ3v) is 7.71. The van der Waals surface area contributed by atoms with E-state index in [1.165, 1.54) is 6.07 Å². The predicted octanol–water partition coefficient (Wildman–Crippen LogP) is 12.6. The van der Waals surface area contributed by atoms with E-state index < -0.39 is 176 Å². The van der Waals surface area contributed by atoms with E-state index in [9.17, 15) is 6.85 Å². The van der Waals surface area contributed by atoms with Crippen molar-refractivity contribution in [2.45, 2.75) is 0 Å². The Morgan fingerprint density at radius 3 is 1.71 bits per heavy atom. The lowest BCUT2D eigenvalue weighted by molar-refractivity contribution is 0.633. The number of rotatable bonds is 4. The molecule has 0 aliphatic carbocycles. The standard InChI is InChI=1S/C44H28O/c1-3-14-29(15-4-1)32-26-27-40-39(28-32)43(44(45-40)38-25-13-19-30-16-7-8-20-33(30)38)42-36-23-11-9-21-34(36)41(31-17-5-2-6-18-31)35-22-10-12-24-37(35)42/h1-28H/i2D,5D,6D,7D,8D,9D,10D,11D,12D,13D,16D,17D,18D,19D,20D,21D,22D,23D,24D,25D. The molecule has 0 aliphatic heterocycles. The van der Waals surface area contributed by atoms with Crippen LogP contribution in [0.15, 0.2) is 174 Å². The first-order valence-corrected chi connectivity index (χ1v) is 13.8. The Morgan fingerprint density at radius 2 is 1.00 bits per heavy atom. The molecule has 0 unspecified atom stereocenters. The molecule has 0 atom stereocenters. The minimum Gasteiger partial charge on any atom is -0.455 e. The zero-order valence-corrected chi connectivity index (χ0v) is 23.0. The van der Waals surface area contributed by atoms with Crippen LogP contribution in [-0.4, -0.2) is 0 Å². The van der Waals surface area contributed by atoms with Crippen LogP contribution in [0.25, 0.3) is 88.0 Å². The van der Waals surface area contributed by atoms with Gasteiger partial charge in [-0.2, -0.15) is 0 Å². The van der Waals surface area contributed by atoms with Crippen molar-refractivity contribution in [2.24, 2.45) is 0 Å². The highest BCUT2D eigenvalue weighted by Gasteiger charge is 2.25. The fourth-order valence-electron chi connectivity index (χ4n) is 5.81. The maximum atomic E-state index is 9.56. The molecule has 0 aliphatic rings. The Balaban J connectivity index is 1.67. The summed E-state index contributed by atoms with van der Waals surface area (Å²) in [6, 6.07) is -2.11. The fourth-order valence-corrected chi connectivity index (χ4v) is 5.81. The van der Waals surface area contributed by atoms with Crippen LogP contribution in [0.3, 0.4) is 0 Å².